The topological polar surface area (TPSA) is 75.4 Å². The fourth-order valence-electron chi connectivity index (χ4n) is 3.59. The summed E-state index contributed by atoms with van der Waals surface area (Å²) in [6.45, 7) is 5.44. The molecule has 0 radical (unpaired) electrons. The second-order valence-electron chi connectivity index (χ2n) is 7.31. The average molecular weight is 430 g/mol. The molecule has 2 aromatic heterocycles. The average Bonchev–Trinajstić information content (AvgIpc) is 3.31. The van der Waals surface area contributed by atoms with Crippen LogP contribution < -0.4 is 5.32 Å². The Balaban J connectivity index is 1.50. The lowest BCUT2D eigenvalue weighted by atomic mass is 9.92. The van der Waals surface area contributed by atoms with Gasteiger partial charge in [-0.25, -0.2) is 9.78 Å². The second-order valence-corrected chi connectivity index (χ2v) is 8.69. The summed E-state index contributed by atoms with van der Waals surface area (Å²) in [7, 11) is 0. The first-order valence-corrected chi connectivity index (χ1v) is 10.4. The third-order valence-electron chi connectivity index (χ3n) is 5.04. The Hall–Kier alpha value is -2.64. The lowest BCUT2D eigenvalue weighted by Gasteiger charge is -2.21. The van der Waals surface area contributed by atoms with Gasteiger partial charge in [-0.15, -0.1) is 11.3 Å². The quantitative estimate of drug-likeness (QED) is 0.603. The molecule has 1 fully saturated rings. The highest BCUT2D eigenvalue weighted by Crippen LogP contribution is 2.33. The Morgan fingerprint density at radius 2 is 1.97 bits per heavy atom. The number of furan rings is 1. The zero-order valence-electron chi connectivity index (χ0n) is 16.3. The summed E-state index contributed by atoms with van der Waals surface area (Å²) in [5, 5.41) is 6.31. The molecule has 1 N–H and O–H groups in total. The first-order chi connectivity index (χ1) is 13.8. The van der Waals surface area contributed by atoms with Crippen molar-refractivity contribution in [3.63, 3.8) is 0 Å². The molecule has 0 bridgehead atoms. The Kier molecular flexibility index (Phi) is 4.96. The van der Waals surface area contributed by atoms with Crippen LogP contribution in [0.4, 0.5) is 4.79 Å². The van der Waals surface area contributed by atoms with Crippen LogP contribution in [-0.2, 0) is 23.3 Å². The number of halogens is 1. The minimum Gasteiger partial charge on any atom is -0.466 e. The van der Waals surface area contributed by atoms with Crippen molar-refractivity contribution in [3.8, 4) is 0 Å². The number of amides is 3. The molecule has 3 amide bonds. The van der Waals surface area contributed by atoms with Crippen molar-refractivity contribution in [1.29, 1.82) is 0 Å². The molecule has 4 rings (SSSR count). The Bertz CT molecular complexity index is 1090. The van der Waals surface area contributed by atoms with Crippen LogP contribution in [0.1, 0.15) is 40.3 Å². The minimum atomic E-state index is -1.14. The lowest BCUT2D eigenvalue weighted by molar-refractivity contribution is -0.131. The van der Waals surface area contributed by atoms with Gasteiger partial charge in [0, 0.05) is 22.4 Å². The molecule has 8 heteroatoms. The highest BCUT2D eigenvalue weighted by molar-refractivity contribution is 7.09. The molecule has 1 aromatic carbocycles. The smallest absolute Gasteiger partial charge is 0.325 e. The van der Waals surface area contributed by atoms with Crippen LogP contribution in [0.5, 0.6) is 0 Å². The van der Waals surface area contributed by atoms with Crippen LogP contribution in [0.15, 0.2) is 40.1 Å². The molecule has 1 aliphatic rings. The Labute approximate surface area is 177 Å². The molecule has 6 nitrogen and oxygen atoms in total. The van der Waals surface area contributed by atoms with E-state index in [1.807, 2.05) is 36.6 Å². The molecule has 1 aliphatic heterocycles. The molecule has 0 spiro atoms. The lowest BCUT2D eigenvalue weighted by Crippen LogP contribution is -2.41. The van der Waals surface area contributed by atoms with Crippen LogP contribution in [-0.4, -0.2) is 21.8 Å². The van der Waals surface area contributed by atoms with E-state index < -0.39 is 11.6 Å². The molecule has 3 heterocycles. The number of benzene rings is 1. The largest absolute Gasteiger partial charge is 0.466 e. The monoisotopic (exact) mass is 429 g/mol. The van der Waals surface area contributed by atoms with Gasteiger partial charge in [0.1, 0.15) is 17.1 Å². The van der Waals surface area contributed by atoms with E-state index in [-0.39, 0.29) is 12.5 Å². The van der Waals surface area contributed by atoms with Crippen molar-refractivity contribution in [2.45, 2.75) is 39.3 Å². The van der Waals surface area contributed by atoms with Crippen LogP contribution in [0.2, 0.25) is 5.02 Å². The Morgan fingerprint density at radius 3 is 2.62 bits per heavy atom. The summed E-state index contributed by atoms with van der Waals surface area (Å²) in [5.41, 5.74) is 1.33. The maximum atomic E-state index is 13.1. The third-order valence-corrected chi connectivity index (χ3v) is 6.19. The molecule has 1 atom stereocenters. The number of rotatable bonds is 5. The summed E-state index contributed by atoms with van der Waals surface area (Å²) >= 11 is 7.43. The number of hydrogen-bond acceptors (Lipinski definition) is 5. The van der Waals surface area contributed by atoms with E-state index in [9.17, 15) is 9.59 Å². The normalized spacial score (nSPS) is 19.1. The van der Waals surface area contributed by atoms with E-state index >= 15 is 0 Å². The molecular weight excluding hydrogens is 410 g/mol. The molecular formula is C21H20ClN3O3S. The molecule has 3 aromatic rings. The van der Waals surface area contributed by atoms with E-state index in [0.29, 0.717) is 34.2 Å². The number of aryl methyl sites for hydroxylation is 2. The third kappa shape index (κ3) is 3.68. The molecule has 1 saturated heterocycles. The second kappa shape index (κ2) is 7.31. The number of urea groups is 1. The fourth-order valence-corrected chi connectivity index (χ4v) is 4.54. The Morgan fingerprint density at radius 1 is 1.24 bits per heavy atom. The summed E-state index contributed by atoms with van der Waals surface area (Å²) in [4.78, 5) is 31.5. The van der Waals surface area contributed by atoms with Crippen molar-refractivity contribution in [1.82, 2.24) is 15.2 Å². The van der Waals surface area contributed by atoms with E-state index in [4.69, 9.17) is 16.0 Å². The van der Waals surface area contributed by atoms with Crippen LogP contribution in [0.3, 0.4) is 0 Å². The number of carbonyl (C=O) groups is 2. The van der Waals surface area contributed by atoms with E-state index in [1.54, 1.807) is 19.9 Å². The predicted octanol–water partition coefficient (Wildman–Crippen LogP) is 4.56. The number of hydrogen-bond donors (Lipinski definition) is 1. The predicted molar refractivity (Wildman–Crippen MR) is 111 cm³/mol. The van der Waals surface area contributed by atoms with Gasteiger partial charge in [0.2, 0.25) is 0 Å². The van der Waals surface area contributed by atoms with Gasteiger partial charge in [0.15, 0.2) is 0 Å². The number of carbonyl (C=O) groups excluding carboxylic acids is 2. The maximum absolute atomic E-state index is 13.1. The van der Waals surface area contributed by atoms with Gasteiger partial charge in [-0.1, -0.05) is 23.7 Å². The maximum Gasteiger partial charge on any atom is 0.325 e. The van der Waals surface area contributed by atoms with Crippen molar-refractivity contribution in [2.24, 2.45) is 0 Å². The number of nitrogens with one attached hydrogen (secondary N) is 1. The summed E-state index contributed by atoms with van der Waals surface area (Å²) < 4.78 is 5.56. The van der Waals surface area contributed by atoms with Crippen molar-refractivity contribution >= 4 is 34.9 Å². The van der Waals surface area contributed by atoms with Gasteiger partial charge >= 0.3 is 6.03 Å². The molecule has 150 valence electrons. The van der Waals surface area contributed by atoms with Gasteiger partial charge in [-0.3, -0.25) is 9.69 Å². The number of aromatic nitrogens is 1. The van der Waals surface area contributed by atoms with Gasteiger partial charge in [0.25, 0.3) is 5.91 Å². The zero-order valence-corrected chi connectivity index (χ0v) is 17.9. The molecule has 0 aliphatic carbocycles. The van der Waals surface area contributed by atoms with Crippen molar-refractivity contribution in [3.05, 3.63) is 74.1 Å². The van der Waals surface area contributed by atoms with E-state index in [0.717, 1.165) is 10.6 Å². The van der Waals surface area contributed by atoms with E-state index in [1.165, 1.54) is 16.2 Å². The first-order valence-electron chi connectivity index (χ1n) is 9.15. The van der Waals surface area contributed by atoms with E-state index in [2.05, 4.69) is 10.3 Å². The zero-order chi connectivity index (χ0) is 20.8. The van der Waals surface area contributed by atoms with Gasteiger partial charge < -0.3 is 9.73 Å². The van der Waals surface area contributed by atoms with Crippen molar-refractivity contribution < 1.29 is 14.0 Å². The van der Waals surface area contributed by atoms with Gasteiger partial charge in [-0.2, -0.15) is 0 Å². The summed E-state index contributed by atoms with van der Waals surface area (Å²) in [6, 6.07) is 8.98. The van der Waals surface area contributed by atoms with Crippen LogP contribution in [0.25, 0.3) is 0 Å². The molecule has 29 heavy (non-hydrogen) atoms. The summed E-state index contributed by atoms with van der Waals surface area (Å²) in [6.07, 6.45) is 0.674. The highest BCUT2D eigenvalue weighted by atomic mass is 35.5. The fraction of sp³-hybridized carbons (Fsp3) is 0.286. The highest BCUT2D eigenvalue weighted by Gasteiger charge is 2.50. The summed E-state index contributed by atoms with van der Waals surface area (Å²) in [5.74, 6) is 1.02. The number of nitrogens with zero attached hydrogens (tertiary/aromatic N) is 2. The van der Waals surface area contributed by atoms with Gasteiger partial charge in [0.05, 0.1) is 17.2 Å². The van der Waals surface area contributed by atoms with Crippen molar-refractivity contribution in [2.75, 3.05) is 0 Å². The standard InChI is InChI=1S/C21H20ClN3O3S/c1-12-8-17(13(2)28-12)21(3)19(26)25(20(27)24-21)10-16-11-29-18(23-16)9-14-4-6-15(22)7-5-14/h4-8,11H,9-10H2,1-3H3,(H,24,27). The number of thiazole rings is 1. The first kappa shape index (κ1) is 19.7. The van der Waals surface area contributed by atoms with Crippen LogP contribution in [0, 0.1) is 13.8 Å². The SMILES string of the molecule is Cc1cc(C2(C)NC(=O)N(Cc3csc(Cc4ccc(Cl)cc4)n3)C2=O)c(C)o1. The minimum absolute atomic E-state index is 0.132. The van der Waals surface area contributed by atoms with Gasteiger partial charge in [-0.05, 0) is 44.5 Å². The van der Waals surface area contributed by atoms with Crippen LogP contribution >= 0.6 is 22.9 Å². The molecule has 1 unspecified atom stereocenters. The molecule has 0 saturated carbocycles. The number of imide groups is 1.